The zero-order chi connectivity index (χ0) is 25.6. The first-order valence-electron chi connectivity index (χ1n) is 12.5. The maximum absolute atomic E-state index is 13.5. The molecule has 3 N–H and O–H groups in total. The van der Waals surface area contributed by atoms with Crippen LogP contribution in [0, 0.1) is 11.7 Å². The van der Waals surface area contributed by atoms with E-state index in [1.54, 1.807) is 30.7 Å². The van der Waals surface area contributed by atoms with Gasteiger partial charge in [0.15, 0.2) is 11.5 Å². The molecule has 0 bridgehead atoms. The van der Waals surface area contributed by atoms with E-state index < -0.39 is 0 Å². The minimum absolute atomic E-state index is 0.298. The largest absolute Gasteiger partial charge is 0.358 e. The molecule has 0 atom stereocenters. The molecule has 1 aromatic carbocycles. The summed E-state index contributed by atoms with van der Waals surface area (Å²) in [5.74, 6) is 0.801. The van der Waals surface area contributed by atoms with Gasteiger partial charge in [-0.1, -0.05) is 13.0 Å². The molecule has 6 aromatic rings. The van der Waals surface area contributed by atoms with Crippen molar-refractivity contribution in [3.8, 4) is 34.0 Å². The molecule has 1 fully saturated rings. The first kappa shape index (κ1) is 22.3. The maximum atomic E-state index is 13.5. The fourth-order valence-corrected chi connectivity index (χ4v) is 4.78. The highest BCUT2D eigenvalue weighted by Crippen LogP contribution is 2.34. The Morgan fingerprint density at radius 1 is 0.921 bits per heavy atom. The molecule has 9 heteroatoms. The number of nitrogens with zero attached hydrogens (tertiary/aromatic N) is 5. The molecule has 0 radical (unpaired) electrons. The molecule has 5 aromatic heterocycles. The van der Waals surface area contributed by atoms with E-state index in [4.69, 9.17) is 9.97 Å². The summed E-state index contributed by atoms with van der Waals surface area (Å²) in [6.45, 7) is 4.20. The summed E-state index contributed by atoms with van der Waals surface area (Å²) in [5.41, 5.74) is 8.60. The van der Waals surface area contributed by atoms with E-state index in [1.807, 2.05) is 24.3 Å². The summed E-state index contributed by atoms with van der Waals surface area (Å²) in [6, 6.07) is 14.0. The van der Waals surface area contributed by atoms with E-state index in [-0.39, 0.29) is 5.82 Å². The van der Waals surface area contributed by atoms with E-state index in [9.17, 15) is 4.39 Å². The SMILES string of the molecule is C=C(Nc1cncc(-c2ccc3[nH]nc(-c4nc5c(-c6ccc(F)cc6)nccc5[nH]4)c3n2)c1)C1CCC1. The molecule has 0 unspecified atom stereocenters. The van der Waals surface area contributed by atoms with Gasteiger partial charge < -0.3 is 10.3 Å². The van der Waals surface area contributed by atoms with Crippen molar-refractivity contribution >= 4 is 27.8 Å². The summed E-state index contributed by atoms with van der Waals surface area (Å²) in [4.78, 5) is 22.0. The van der Waals surface area contributed by atoms with Gasteiger partial charge in [0, 0.05) is 29.2 Å². The second kappa shape index (κ2) is 8.88. The van der Waals surface area contributed by atoms with Gasteiger partial charge in [0.2, 0.25) is 0 Å². The number of allylic oxidation sites excluding steroid dienone is 1. The van der Waals surface area contributed by atoms with Gasteiger partial charge in [0.25, 0.3) is 0 Å². The van der Waals surface area contributed by atoms with Crippen molar-refractivity contribution in [2.24, 2.45) is 5.92 Å². The number of aromatic nitrogens is 7. The number of pyridine rings is 3. The van der Waals surface area contributed by atoms with Crippen molar-refractivity contribution in [3.63, 3.8) is 0 Å². The maximum Gasteiger partial charge on any atom is 0.161 e. The van der Waals surface area contributed by atoms with E-state index >= 15 is 0 Å². The number of hydrogen-bond acceptors (Lipinski definition) is 6. The molecule has 1 saturated carbocycles. The molecular weight excluding hydrogens is 479 g/mol. The van der Waals surface area contributed by atoms with Crippen LogP contribution in [0.1, 0.15) is 19.3 Å². The molecular formula is C29H23FN8. The lowest BCUT2D eigenvalue weighted by molar-refractivity contribution is 0.371. The molecule has 0 saturated heterocycles. The molecule has 1 aliphatic carbocycles. The van der Waals surface area contributed by atoms with Crippen LogP contribution in [0.5, 0.6) is 0 Å². The molecule has 186 valence electrons. The smallest absolute Gasteiger partial charge is 0.161 e. The average molecular weight is 503 g/mol. The second-order valence-electron chi connectivity index (χ2n) is 9.55. The highest BCUT2D eigenvalue weighted by Gasteiger charge is 2.21. The van der Waals surface area contributed by atoms with Crippen LogP contribution >= 0.6 is 0 Å². The van der Waals surface area contributed by atoms with Gasteiger partial charge in [0.05, 0.1) is 34.3 Å². The van der Waals surface area contributed by atoms with Crippen molar-refractivity contribution in [1.29, 1.82) is 0 Å². The van der Waals surface area contributed by atoms with Gasteiger partial charge in [-0.2, -0.15) is 5.10 Å². The van der Waals surface area contributed by atoms with Crippen molar-refractivity contribution < 1.29 is 4.39 Å². The van der Waals surface area contributed by atoms with Crippen LogP contribution in [0.25, 0.3) is 56.1 Å². The molecule has 5 heterocycles. The lowest BCUT2D eigenvalue weighted by atomic mass is 9.83. The van der Waals surface area contributed by atoms with Crippen LogP contribution in [0.2, 0.25) is 0 Å². The third-order valence-electron chi connectivity index (χ3n) is 7.09. The Kier molecular flexibility index (Phi) is 5.21. The third kappa shape index (κ3) is 3.88. The normalized spacial score (nSPS) is 13.6. The first-order valence-corrected chi connectivity index (χ1v) is 12.5. The Hall–Kier alpha value is -4.92. The quantitative estimate of drug-likeness (QED) is 0.240. The molecule has 38 heavy (non-hydrogen) atoms. The van der Waals surface area contributed by atoms with Crippen molar-refractivity contribution in [2.75, 3.05) is 5.32 Å². The number of imidazole rings is 1. The molecule has 8 nitrogen and oxygen atoms in total. The first-order chi connectivity index (χ1) is 18.6. The van der Waals surface area contributed by atoms with Crippen LogP contribution in [0.15, 0.2) is 79.4 Å². The number of H-pyrrole nitrogens is 2. The van der Waals surface area contributed by atoms with Crippen LogP contribution < -0.4 is 5.32 Å². The van der Waals surface area contributed by atoms with Crippen LogP contribution in [-0.2, 0) is 0 Å². The Labute approximate surface area is 217 Å². The van der Waals surface area contributed by atoms with E-state index in [2.05, 4.69) is 37.0 Å². The summed E-state index contributed by atoms with van der Waals surface area (Å²) < 4.78 is 13.5. The fourth-order valence-electron chi connectivity index (χ4n) is 4.78. The van der Waals surface area contributed by atoms with Crippen molar-refractivity contribution in [3.05, 3.63) is 85.2 Å². The summed E-state index contributed by atoms with van der Waals surface area (Å²) in [6.07, 6.45) is 8.93. The van der Waals surface area contributed by atoms with Crippen molar-refractivity contribution in [1.82, 2.24) is 35.1 Å². The van der Waals surface area contributed by atoms with Crippen molar-refractivity contribution in [2.45, 2.75) is 19.3 Å². The third-order valence-corrected chi connectivity index (χ3v) is 7.09. The van der Waals surface area contributed by atoms with Crippen LogP contribution in [-0.4, -0.2) is 35.1 Å². The summed E-state index contributed by atoms with van der Waals surface area (Å²) in [5, 5.41) is 11.0. The van der Waals surface area contributed by atoms with E-state index in [0.717, 1.165) is 39.2 Å². The molecule has 1 aliphatic rings. The highest BCUT2D eigenvalue weighted by atomic mass is 19.1. The number of anilines is 1. The average Bonchev–Trinajstić information content (AvgIpc) is 3.52. The molecule has 7 rings (SSSR count). The second-order valence-corrected chi connectivity index (χ2v) is 9.55. The number of nitrogens with one attached hydrogen (secondary N) is 3. The predicted molar refractivity (Wildman–Crippen MR) is 146 cm³/mol. The zero-order valence-electron chi connectivity index (χ0n) is 20.4. The van der Waals surface area contributed by atoms with Crippen LogP contribution in [0.3, 0.4) is 0 Å². The number of rotatable bonds is 6. The summed E-state index contributed by atoms with van der Waals surface area (Å²) in [7, 11) is 0. The van der Waals surface area contributed by atoms with Crippen LogP contribution in [0.4, 0.5) is 10.1 Å². The minimum atomic E-state index is -0.298. The molecule has 0 spiro atoms. The van der Waals surface area contributed by atoms with Gasteiger partial charge in [-0.05, 0) is 67.3 Å². The zero-order valence-corrected chi connectivity index (χ0v) is 20.4. The number of benzene rings is 1. The minimum Gasteiger partial charge on any atom is -0.358 e. The van der Waals surface area contributed by atoms with Gasteiger partial charge in [-0.25, -0.2) is 14.4 Å². The van der Waals surface area contributed by atoms with Gasteiger partial charge in [0.1, 0.15) is 16.9 Å². The predicted octanol–water partition coefficient (Wildman–Crippen LogP) is 6.49. The van der Waals surface area contributed by atoms with Gasteiger partial charge >= 0.3 is 0 Å². The lowest BCUT2D eigenvalue weighted by Gasteiger charge is -2.28. The Balaban J connectivity index is 1.26. The standard InChI is InChI=1S/C29H23FN8/c1-16(17-3-2-4-17)33-21-13-19(14-31-15-21)22-9-10-24-27(34-22)28(38-37-24)29-35-23-11-12-32-25(26(23)36-29)18-5-7-20(30)8-6-18/h5-15,17,33H,1-4H2,(H,35,36)(H,37,38). The Bertz CT molecular complexity index is 1810. The summed E-state index contributed by atoms with van der Waals surface area (Å²) >= 11 is 0. The number of aromatic amines is 2. The van der Waals surface area contributed by atoms with Gasteiger partial charge in [-0.3, -0.25) is 15.1 Å². The number of hydrogen-bond donors (Lipinski definition) is 3. The number of fused-ring (bicyclic) bond motifs is 2. The molecule has 0 aliphatic heterocycles. The number of halogens is 1. The fraction of sp³-hybridized carbons (Fsp3) is 0.138. The highest BCUT2D eigenvalue weighted by molar-refractivity contribution is 5.95. The Morgan fingerprint density at radius 3 is 2.58 bits per heavy atom. The monoisotopic (exact) mass is 502 g/mol. The van der Waals surface area contributed by atoms with E-state index in [0.29, 0.717) is 34.2 Å². The van der Waals surface area contributed by atoms with E-state index in [1.165, 1.54) is 31.4 Å². The molecule has 0 amide bonds. The van der Waals surface area contributed by atoms with Gasteiger partial charge in [-0.15, -0.1) is 0 Å². The lowest BCUT2D eigenvalue weighted by Crippen LogP contribution is -2.18. The Morgan fingerprint density at radius 2 is 1.76 bits per heavy atom. The topological polar surface area (TPSA) is 108 Å².